The second-order valence-electron chi connectivity index (χ2n) is 5.80. The van der Waals surface area contributed by atoms with E-state index in [1.165, 1.54) is 16.9 Å². The van der Waals surface area contributed by atoms with Crippen molar-refractivity contribution in [3.8, 4) is 5.75 Å². The number of ether oxygens (including phenoxy) is 1. The SMILES string of the molecule is CC(C)(C)c1ccc(OCc2ccc(C(=O)NN)s2)cc1. The molecule has 1 heterocycles. The maximum atomic E-state index is 11.4. The summed E-state index contributed by atoms with van der Waals surface area (Å²) in [6, 6.07) is 11.7. The van der Waals surface area contributed by atoms with Crippen molar-refractivity contribution in [3.63, 3.8) is 0 Å². The molecule has 0 fully saturated rings. The van der Waals surface area contributed by atoms with Crippen LogP contribution in [0.5, 0.6) is 5.75 Å². The van der Waals surface area contributed by atoms with Gasteiger partial charge in [-0.25, -0.2) is 5.84 Å². The fraction of sp³-hybridized carbons (Fsp3) is 0.312. The molecule has 0 aliphatic rings. The number of hydrogen-bond acceptors (Lipinski definition) is 4. The summed E-state index contributed by atoms with van der Waals surface area (Å²) in [5, 5.41) is 0. The Balaban J connectivity index is 1.97. The molecule has 5 heteroatoms. The van der Waals surface area contributed by atoms with Crippen molar-refractivity contribution in [1.82, 2.24) is 5.43 Å². The summed E-state index contributed by atoms with van der Waals surface area (Å²) in [4.78, 5) is 12.9. The van der Waals surface area contributed by atoms with Crippen LogP contribution < -0.4 is 16.0 Å². The summed E-state index contributed by atoms with van der Waals surface area (Å²) in [7, 11) is 0. The van der Waals surface area contributed by atoms with E-state index in [4.69, 9.17) is 10.6 Å². The van der Waals surface area contributed by atoms with Crippen molar-refractivity contribution in [2.45, 2.75) is 32.8 Å². The molecule has 0 radical (unpaired) electrons. The number of carbonyl (C=O) groups excluding carboxylic acids is 1. The van der Waals surface area contributed by atoms with Gasteiger partial charge in [-0.3, -0.25) is 10.2 Å². The van der Waals surface area contributed by atoms with E-state index in [9.17, 15) is 4.79 Å². The number of hydrogen-bond donors (Lipinski definition) is 2. The summed E-state index contributed by atoms with van der Waals surface area (Å²) < 4.78 is 5.73. The van der Waals surface area contributed by atoms with E-state index >= 15 is 0 Å². The van der Waals surface area contributed by atoms with Gasteiger partial charge in [0.2, 0.25) is 0 Å². The normalized spacial score (nSPS) is 11.2. The van der Waals surface area contributed by atoms with E-state index in [0.29, 0.717) is 11.5 Å². The number of carbonyl (C=O) groups is 1. The van der Waals surface area contributed by atoms with Gasteiger partial charge in [-0.05, 0) is 35.2 Å². The third-order valence-electron chi connectivity index (χ3n) is 3.12. The fourth-order valence-corrected chi connectivity index (χ4v) is 2.68. The molecule has 2 aromatic rings. The summed E-state index contributed by atoms with van der Waals surface area (Å²) in [6.45, 7) is 6.98. The van der Waals surface area contributed by atoms with Gasteiger partial charge in [-0.15, -0.1) is 11.3 Å². The van der Waals surface area contributed by atoms with Crippen LogP contribution in [0.15, 0.2) is 36.4 Å². The average Bonchev–Trinajstić information content (AvgIpc) is 2.92. The van der Waals surface area contributed by atoms with Crippen LogP contribution in [0.25, 0.3) is 0 Å². The standard InChI is InChI=1S/C16H20N2O2S/c1-16(2,3)11-4-6-12(7-5-11)20-10-13-8-9-14(21-13)15(19)18-17/h4-9H,10,17H2,1-3H3,(H,18,19). The zero-order chi connectivity index (χ0) is 15.5. The van der Waals surface area contributed by atoms with Crippen LogP contribution in [0.1, 0.15) is 40.9 Å². The molecule has 112 valence electrons. The summed E-state index contributed by atoms with van der Waals surface area (Å²) >= 11 is 1.38. The Morgan fingerprint density at radius 2 is 1.86 bits per heavy atom. The molecule has 0 spiro atoms. The summed E-state index contributed by atoms with van der Waals surface area (Å²) in [5.74, 6) is 5.65. The highest BCUT2D eigenvalue weighted by Crippen LogP contribution is 2.25. The smallest absolute Gasteiger partial charge is 0.275 e. The highest BCUT2D eigenvalue weighted by molar-refractivity contribution is 7.14. The van der Waals surface area contributed by atoms with Crippen molar-refractivity contribution in [2.24, 2.45) is 5.84 Å². The molecular weight excluding hydrogens is 284 g/mol. The minimum atomic E-state index is -0.277. The maximum absolute atomic E-state index is 11.4. The quantitative estimate of drug-likeness (QED) is 0.518. The second-order valence-corrected chi connectivity index (χ2v) is 6.97. The third kappa shape index (κ3) is 4.06. The number of thiophene rings is 1. The molecule has 0 saturated heterocycles. The molecule has 1 aromatic heterocycles. The van der Waals surface area contributed by atoms with Crippen molar-refractivity contribution in [2.75, 3.05) is 0 Å². The average molecular weight is 304 g/mol. The van der Waals surface area contributed by atoms with Crippen molar-refractivity contribution in [3.05, 3.63) is 51.7 Å². The summed E-state index contributed by atoms with van der Waals surface area (Å²) in [5.41, 5.74) is 3.53. The molecule has 0 unspecified atom stereocenters. The molecule has 0 atom stereocenters. The summed E-state index contributed by atoms with van der Waals surface area (Å²) in [6.07, 6.45) is 0. The van der Waals surface area contributed by atoms with Crippen molar-refractivity contribution in [1.29, 1.82) is 0 Å². The predicted molar refractivity (Wildman–Crippen MR) is 85.4 cm³/mol. The lowest BCUT2D eigenvalue weighted by Crippen LogP contribution is -2.29. The number of rotatable bonds is 4. The number of nitrogens with one attached hydrogen (secondary N) is 1. The first-order valence-electron chi connectivity index (χ1n) is 6.73. The zero-order valence-electron chi connectivity index (χ0n) is 12.5. The molecule has 0 aliphatic heterocycles. The van der Waals surface area contributed by atoms with Crippen molar-refractivity contribution < 1.29 is 9.53 Å². The first-order chi connectivity index (χ1) is 9.90. The Bertz CT molecular complexity index is 612. The van der Waals surface area contributed by atoms with Crippen LogP contribution in [0.3, 0.4) is 0 Å². The number of amides is 1. The van der Waals surface area contributed by atoms with Crippen LogP contribution in [0.2, 0.25) is 0 Å². The van der Waals surface area contributed by atoms with E-state index in [1.807, 2.05) is 18.2 Å². The van der Waals surface area contributed by atoms with Gasteiger partial charge >= 0.3 is 0 Å². The van der Waals surface area contributed by atoms with Gasteiger partial charge in [0.15, 0.2) is 0 Å². The van der Waals surface area contributed by atoms with Gasteiger partial charge in [0.1, 0.15) is 12.4 Å². The number of nitrogen functional groups attached to an aromatic ring is 1. The van der Waals surface area contributed by atoms with E-state index in [2.05, 4.69) is 38.3 Å². The molecule has 4 nitrogen and oxygen atoms in total. The topological polar surface area (TPSA) is 64.3 Å². The van der Waals surface area contributed by atoms with E-state index in [1.54, 1.807) is 6.07 Å². The van der Waals surface area contributed by atoms with Crippen LogP contribution in [-0.2, 0) is 12.0 Å². The van der Waals surface area contributed by atoms with E-state index in [0.717, 1.165) is 10.6 Å². The Labute approximate surface area is 128 Å². The Hall–Kier alpha value is -1.85. The van der Waals surface area contributed by atoms with Gasteiger partial charge in [0.25, 0.3) is 5.91 Å². The lowest BCUT2D eigenvalue weighted by atomic mass is 9.87. The number of nitrogens with two attached hydrogens (primary N) is 1. The van der Waals surface area contributed by atoms with Crippen LogP contribution in [0.4, 0.5) is 0 Å². The van der Waals surface area contributed by atoms with Gasteiger partial charge in [0.05, 0.1) is 4.88 Å². The van der Waals surface area contributed by atoms with Gasteiger partial charge in [-0.2, -0.15) is 0 Å². The zero-order valence-corrected chi connectivity index (χ0v) is 13.3. The Morgan fingerprint density at radius 3 is 2.43 bits per heavy atom. The molecular formula is C16H20N2O2S. The third-order valence-corrected chi connectivity index (χ3v) is 4.18. The number of hydrazine groups is 1. The first kappa shape index (κ1) is 15.5. The van der Waals surface area contributed by atoms with Crippen LogP contribution in [-0.4, -0.2) is 5.91 Å². The molecule has 3 N–H and O–H groups in total. The van der Waals surface area contributed by atoms with Crippen molar-refractivity contribution >= 4 is 17.2 Å². The first-order valence-corrected chi connectivity index (χ1v) is 7.55. The molecule has 2 rings (SSSR count). The molecule has 0 aliphatic carbocycles. The molecule has 1 aromatic carbocycles. The lowest BCUT2D eigenvalue weighted by molar-refractivity contribution is 0.0957. The lowest BCUT2D eigenvalue weighted by Gasteiger charge is -2.19. The second kappa shape index (κ2) is 6.28. The molecule has 0 bridgehead atoms. The minimum Gasteiger partial charge on any atom is -0.488 e. The van der Waals surface area contributed by atoms with Gasteiger partial charge in [-0.1, -0.05) is 32.9 Å². The monoisotopic (exact) mass is 304 g/mol. The Kier molecular flexibility index (Phi) is 4.65. The Morgan fingerprint density at radius 1 is 1.19 bits per heavy atom. The molecule has 1 amide bonds. The highest BCUT2D eigenvalue weighted by atomic mass is 32.1. The largest absolute Gasteiger partial charge is 0.488 e. The fourth-order valence-electron chi connectivity index (χ4n) is 1.85. The maximum Gasteiger partial charge on any atom is 0.275 e. The number of benzene rings is 1. The van der Waals surface area contributed by atoms with Gasteiger partial charge < -0.3 is 4.74 Å². The predicted octanol–water partition coefficient (Wildman–Crippen LogP) is 3.23. The van der Waals surface area contributed by atoms with Crippen LogP contribution in [0, 0.1) is 0 Å². The molecule has 0 saturated carbocycles. The van der Waals surface area contributed by atoms with E-state index in [-0.39, 0.29) is 11.3 Å². The molecule has 21 heavy (non-hydrogen) atoms. The van der Waals surface area contributed by atoms with Gasteiger partial charge in [0, 0.05) is 4.88 Å². The minimum absolute atomic E-state index is 0.136. The highest BCUT2D eigenvalue weighted by Gasteiger charge is 2.13. The van der Waals surface area contributed by atoms with E-state index < -0.39 is 0 Å². The van der Waals surface area contributed by atoms with Crippen LogP contribution >= 0.6 is 11.3 Å².